The summed E-state index contributed by atoms with van der Waals surface area (Å²) in [5, 5.41) is 3.84. The van der Waals surface area contributed by atoms with Gasteiger partial charge < -0.3 is 9.42 Å². The van der Waals surface area contributed by atoms with Gasteiger partial charge in [0.05, 0.1) is 12.1 Å². The number of nitrogens with zero attached hydrogens (tertiary/aromatic N) is 2. The number of likely N-dealkylation sites (N-methyl/N-ethyl adjacent to an activating group) is 1. The lowest BCUT2D eigenvalue weighted by molar-refractivity contribution is -0.118. The quantitative estimate of drug-likeness (QED) is 0.830. The topological polar surface area (TPSA) is 46.3 Å². The Bertz CT molecular complexity index is 520. The smallest absolute Gasteiger partial charge is 0.233 e. The molecule has 2 aromatic rings. The zero-order valence-corrected chi connectivity index (χ0v) is 10.6. The first kappa shape index (κ1) is 12.4. The average Bonchev–Trinajstić information content (AvgIpc) is 2.77. The van der Waals surface area contributed by atoms with E-state index in [-0.39, 0.29) is 12.3 Å². The molecule has 0 spiro atoms. The summed E-state index contributed by atoms with van der Waals surface area (Å²) < 4.78 is 4.96. The van der Waals surface area contributed by atoms with Gasteiger partial charge in [-0.2, -0.15) is 0 Å². The molecule has 0 radical (unpaired) electrons. The molecule has 0 unspecified atom stereocenters. The SMILES string of the molecule is CCN(C(=O)Cc1cc(C)on1)c1ccccc1. The van der Waals surface area contributed by atoms with Crippen molar-refractivity contribution in [2.75, 3.05) is 11.4 Å². The Morgan fingerprint density at radius 2 is 2.06 bits per heavy atom. The zero-order valence-electron chi connectivity index (χ0n) is 10.6. The molecular weight excluding hydrogens is 228 g/mol. The molecule has 0 aliphatic carbocycles. The van der Waals surface area contributed by atoms with Gasteiger partial charge in [-0.1, -0.05) is 23.4 Å². The van der Waals surface area contributed by atoms with Gasteiger partial charge in [0.1, 0.15) is 5.76 Å². The molecule has 1 aromatic heterocycles. The Morgan fingerprint density at radius 1 is 1.33 bits per heavy atom. The Morgan fingerprint density at radius 3 is 2.61 bits per heavy atom. The second-order valence-corrected chi connectivity index (χ2v) is 4.08. The van der Waals surface area contributed by atoms with E-state index < -0.39 is 0 Å². The maximum Gasteiger partial charge on any atom is 0.233 e. The van der Waals surface area contributed by atoms with E-state index in [9.17, 15) is 4.79 Å². The van der Waals surface area contributed by atoms with Gasteiger partial charge in [0.2, 0.25) is 5.91 Å². The molecule has 0 saturated carbocycles. The van der Waals surface area contributed by atoms with Crippen molar-refractivity contribution in [1.82, 2.24) is 5.16 Å². The third-order valence-corrected chi connectivity index (χ3v) is 2.69. The van der Waals surface area contributed by atoms with Crippen LogP contribution in [0.1, 0.15) is 18.4 Å². The van der Waals surface area contributed by atoms with Crippen molar-refractivity contribution in [3.8, 4) is 0 Å². The fraction of sp³-hybridized carbons (Fsp3) is 0.286. The minimum atomic E-state index is 0.0250. The van der Waals surface area contributed by atoms with Gasteiger partial charge in [-0.15, -0.1) is 0 Å². The molecule has 0 fully saturated rings. The van der Waals surface area contributed by atoms with Gasteiger partial charge in [0.25, 0.3) is 0 Å². The molecule has 0 atom stereocenters. The van der Waals surface area contributed by atoms with Crippen LogP contribution in [0.3, 0.4) is 0 Å². The number of anilines is 1. The molecule has 2 rings (SSSR count). The predicted molar refractivity (Wildman–Crippen MR) is 69.4 cm³/mol. The van der Waals surface area contributed by atoms with Crippen molar-refractivity contribution in [2.24, 2.45) is 0 Å². The number of para-hydroxylation sites is 1. The number of hydrogen-bond donors (Lipinski definition) is 0. The Labute approximate surface area is 106 Å². The van der Waals surface area contributed by atoms with Crippen LogP contribution in [0.2, 0.25) is 0 Å². The standard InChI is InChI=1S/C14H16N2O2/c1-3-16(13-7-5-4-6-8-13)14(17)10-12-9-11(2)18-15-12/h4-9H,3,10H2,1-2H3. The van der Waals surface area contributed by atoms with E-state index in [2.05, 4.69) is 5.16 Å². The van der Waals surface area contributed by atoms with E-state index in [1.807, 2.05) is 44.2 Å². The lowest BCUT2D eigenvalue weighted by Crippen LogP contribution is -2.32. The number of aromatic nitrogens is 1. The van der Waals surface area contributed by atoms with Crippen molar-refractivity contribution in [3.05, 3.63) is 47.9 Å². The van der Waals surface area contributed by atoms with E-state index in [0.717, 1.165) is 11.4 Å². The van der Waals surface area contributed by atoms with E-state index >= 15 is 0 Å². The first-order valence-electron chi connectivity index (χ1n) is 5.98. The fourth-order valence-corrected chi connectivity index (χ4v) is 1.86. The third-order valence-electron chi connectivity index (χ3n) is 2.69. The molecule has 94 valence electrons. The van der Waals surface area contributed by atoms with Crippen LogP contribution in [0.5, 0.6) is 0 Å². The number of rotatable bonds is 4. The molecule has 0 aliphatic rings. The van der Waals surface area contributed by atoms with Gasteiger partial charge in [0.15, 0.2) is 0 Å². The minimum Gasteiger partial charge on any atom is -0.361 e. The molecule has 1 amide bonds. The van der Waals surface area contributed by atoms with Gasteiger partial charge in [0, 0.05) is 18.3 Å². The predicted octanol–water partition coefficient (Wildman–Crippen LogP) is 2.58. The molecule has 0 aliphatic heterocycles. The fourth-order valence-electron chi connectivity index (χ4n) is 1.86. The number of aryl methyl sites for hydroxylation is 1. The highest BCUT2D eigenvalue weighted by molar-refractivity contribution is 5.94. The van der Waals surface area contributed by atoms with Crippen LogP contribution in [0, 0.1) is 6.92 Å². The average molecular weight is 244 g/mol. The minimum absolute atomic E-state index is 0.0250. The summed E-state index contributed by atoms with van der Waals surface area (Å²) in [4.78, 5) is 13.9. The van der Waals surface area contributed by atoms with Crippen LogP contribution < -0.4 is 4.90 Å². The van der Waals surface area contributed by atoms with Crippen molar-refractivity contribution in [2.45, 2.75) is 20.3 Å². The van der Waals surface area contributed by atoms with Crippen LogP contribution >= 0.6 is 0 Å². The second kappa shape index (κ2) is 5.49. The molecule has 4 heteroatoms. The Hall–Kier alpha value is -2.10. The summed E-state index contributed by atoms with van der Waals surface area (Å²) in [6.07, 6.45) is 0.264. The van der Waals surface area contributed by atoms with Crippen LogP contribution in [0.25, 0.3) is 0 Å². The van der Waals surface area contributed by atoms with Crippen LogP contribution in [0.4, 0.5) is 5.69 Å². The summed E-state index contributed by atoms with van der Waals surface area (Å²) in [5.74, 6) is 0.748. The Kier molecular flexibility index (Phi) is 3.77. The summed E-state index contributed by atoms with van der Waals surface area (Å²) in [6.45, 7) is 4.41. The van der Waals surface area contributed by atoms with Gasteiger partial charge in [-0.25, -0.2) is 0 Å². The highest BCUT2D eigenvalue weighted by Crippen LogP contribution is 2.14. The third kappa shape index (κ3) is 2.77. The van der Waals surface area contributed by atoms with Crippen LogP contribution in [-0.2, 0) is 11.2 Å². The molecule has 0 bridgehead atoms. The molecule has 0 N–H and O–H groups in total. The first-order chi connectivity index (χ1) is 8.70. The summed E-state index contributed by atoms with van der Waals surface area (Å²) in [7, 11) is 0. The maximum atomic E-state index is 12.2. The van der Waals surface area contributed by atoms with Crippen molar-refractivity contribution in [3.63, 3.8) is 0 Å². The Balaban J connectivity index is 2.11. The van der Waals surface area contributed by atoms with Crippen LogP contribution in [-0.4, -0.2) is 17.6 Å². The summed E-state index contributed by atoms with van der Waals surface area (Å²) >= 11 is 0. The highest BCUT2D eigenvalue weighted by Gasteiger charge is 2.15. The molecule has 1 heterocycles. The lowest BCUT2D eigenvalue weighted by Gasteiger charge is -2.20. The van der Waals surface area contributed by atoms with Crippen molar-refractivity contribution >= 4 is 11.6 Å². The normalized spacial score (nSPS) is 10.3. The van der Waals surface area contributed by atoms with E-state index in [1.54, 1.807) is 11.0 Å². The monoisotopic (exact) mass is 244 g/mol. The maximum absolute atomic E-state index is 12.2. The highest BCUT2D eigenvalue weighted by atomic mass is 16.5. The molecule has 1 aromatic carbocycles. The van der Waals surface area contributed by atoms with Crippen molar-refractivity contribution < 1.29 is 9.32 Å². The van der Waals surface area contributed by atoms with E-state index in [1.165, 1.54) is 0 Å². The number of hydrogen-bond acceptors (Lipinski definition) is 3. The molecule has 0 saturated heterocycles. The summed E-state index contributed by atoms with van der Waals surface area (Å²) in [6, 6.07) is 11.4. The molecule has 4 nitrogen and oxygen atoms in total. The largest absolute Gasteiger partial charge is 0.361 e. The second-order valence-electron chi connectivity index (χ2n) is 4.08. The van der Waals surface area contributed by atoms with Gasteiger partial charge >= 0.3 is 0 Å². The lowest BCUT2D eigenvalue weighted by atomic mass is 10.2. The first-order valence-corrected chi connectivity index (χ1v) is 5.98. The van der Waals surface area contributed by atoms with E-state index in [0.29, 0.717) is 12.2 Å². The van der Waals surface area contributed by atoms with E-state index in [4.69, 9.17) is 4.52 Å². The molecule has 18 heavy (non-hydrogen) atoms. The number of carbonyl (C=O) groups is 1. The molecular formula is C14H16N2O2. The number of amides is 1. The summed E-state index contributed by atoms with van der Waals surface area (Å²) in [5.41, 5.74) is 1.58. The number of carbonyl (C=O) groups excluding carboxylic acids is 1. The van der Waals surface area contributed by atoms with Crippen LogP contribution in [0.15, 0.2) is 40.9 Å². The zero-order chi connectivity index (χ0) is 13.0. The van der Waals surface area contributed by atoms with Crippen molar-refractivity contribution in [1.29, 1.82) is 0 Å². The van der Waals surface area contributed by atoms with Gasteiger partial charge in [-0.3, -0.25) is 4.79 Å². The van der Waals surface area contributed by atoms with Gasteiger partial charge in [-0.05, 0) is 26.0 Å². The number of benzene rings is 1.